The third kappa shape index (κ3) is 3.60. The maximum atomic E-state index is 14.1. The van der Waals surface area contributed by atoms with E-state index in [0.717, 1.165) is 5.56 Å². The molecular formula is C17H16ClFN2. The molecule has 0 bridgehead atoms. The van der Waals surface area contributed by atoms with Crippen molar-refractivity contribution in [3.63, 3.8) is 0 Å². The van der Waals surface area contributed by atoms with Crippen molar-refractivity contribution in [2.45, 2.75) is 19.5 Å². The summed E-state index contributed by atoms with van der Waals surface area (Å²) in [6.07, 6.45) is 0. The first-order chi connectivity index (χ1) is 10.0. The highest BCUT2D eigenvalue weighted by Gasteiger charge is 2.15. The van der Waals surface area contributed by atoms with Gasteiger partial charge in [0.25, 0.3) is 0 Å². The number of nitrogens with zero attached hydrogens (tertiary/aromatic N) is 2. The lowest BCUT2D eigenvalue weighted by molar-refractivity contribution is 0.249. The lowest BCUT2D eigenvalue weighted by Crippen LogP contribution is -2.22. The van der Waals surface area contributed by atoms with Gasteiger partial charge < -0.3 is 0 Å². The molecule has 0 aromatic heterocycles. The molecule has 2 rings (SSSR count). The van der Waals surface area contributed by atoms with Crippen LogP contribution in [0.4, 0.5) is 4.39 Å². The first-order valence-corrected chi connectivity index (χ1v) is 7.04. The van der Waals surface area contributed by atoms with E-state index in [1.165, 1.54) is 6.07 Å². The molecule has 4 heteroatoms. The lowest BCUT2D eigenvalue weighted by Gasteiger charge is -2.25. The van der Waals surface area contributed by atoms with Crippen molar-refractivity contribution in [3.8, 4) is 6.07 Å². The van der Waals surface area contributed by atoms with Gasteiger partial charge in [0.2, 0.25) is 0 Å². The summed E-state index contributed by atoms with van der Waals surface area (Å²) in [5, 5.41) is 9.57. The van der Waals surface area contributed by atoms with Crippen LogP contribution in [0.5, 0.6) is 0 Å². The fourth-order valence-corrected chi connectivity index (χ4v) is 2.32. The maximum absolute atomic E-state index is 14.1. The second-order valence-corrected chi connectivity index (χ2v) is 5.47. The number of benzene rings is 2. The number of nitriles is 1. The van der Waals surface area contributed by atoms with E-state index in [1.807, 2.05) is 42.3 Å². The predicted octanol–water partition coefficient (Wildman–Crippen LogP) is 4.54. The van der Waals surface area contributed by atoms with Crippen molar-refractivity contribution in [1.82, 2.24) is 4.90 Å². The Kier molecular flexibility index (Phi) is 4.95. The number of halogens is 2. The van der Waals surface area contributed by atoms with Gasteiger partial charge in [-0.05, 0) is 37.7 Å². The van der Waals surface area contributed by atoms with Crippen LogP contribution in [0.25, 0.3) is 0 Å². The molecule has 2 nitrogen and oxygen atoms in total. The topological polar surface area (TPSA) is 27.0 Å². The van der Waals surface area contributed by atoms with Crippen LogP contribution in [0.2, 0.25) is 5.02 Å². The van der Waals surface area contributed by atoms with Crippen molar-refractivity contribution < 1.29 is 4.39 Å². The zero-order chi connectivity index (χ0) is 15.4. The largest absolute Gasteiger partial charge is 0.295 e. The average molecular weight is 303 g/mol. The Labute approximate surface area is 129 Å². The molecule has 0 fully saturated rings. The Hall–Kier alpha value is -1.89. The van der Waals surface area contributed by atoms with E-state index in [4.69, 9.17) is 16.9 Å². The van der Waals surface area contributed by atoms with E-state index in [0.29, 0.717) is 17.1 Å². The highest BCUT2D eigenvalue weighted by Crippen LogP contribution is 2.23. The third-order valence-electron chi connectivity index (χ3n) is 3.63. The predicted molar refractivity (Wildman–Crippen MR) is 82.4 cm³/mol. The van der Waals surface area contributed by atoms with Gasteiger partial charge in [-0.1, -0.05) is 35.9 Å². The Bertz CT molecular complexity index is 661. The van der Waals surface area contributed by atoms with Crippen molar-refractivity contribution in [3.05, 3.63) is 70.0 Å². The molecule has 0 N–H and O–H groups in total. The molecule has 1 unspecified atom stereocenters. The SMILES string of the molecule is CC(c1ccc(Cl)cc1)N(C)Cc1cccc(C#N)c1F. The van der Waals surface area contributed by atoms with Gasteiger partial charge in [-0.25, -0.2) is 4.39 Å². The van der Waals surface area contributed by atoms with Crippen molar-refractivity contribution in [2.24, 2.45) is 0 Å². The summed E-state index contributed by atoms with van der Waals surface area (Å²) >= 11 is 5.89. The lowest BCUT2D eigenvalue weighted by atomic mass is 10.1. The zero-order valence-corrected chi connectivity index (χ0v) is 12.7. The van der Waals surface area contributed by atoms with E-state index < -0.39 is 5.82 Å². The molecule has 108 valence electrons. The van der Waals surface area contributed by atoms with Gasteiger partial charge in [0.15, 0.2) is 0 Å². The van der Waals surface area contributed by atoms with Gasteiger partial charge in [-0.3, -0.25) is 4.90 Å². The molecule has 0 spiro atoms. The van der Waals surface area contributed by atoms with Crippen LogP contribution >= 0.6 is 11.6 Å². The Morgan fingerprint density at radius 1 is 1.24 bits per heavy atom. The highest BCUT2D eigenvalue weighted by atomic mass is 35.5. The summed E-state index contributed by atoms with van der Waals surface area (Å²) in [4.78, 5) is 2.03. The molecule has 0 aliphatic carbocycles. The van der Waals surface area contributed by atoms with Crippen LogP contribution < -0.4 is 0 Å². The van der Waals surface area contributed by atoms with E-state index in [-0.39, 0.29) is 11.6 Å². The summed E-state index contributed by atoms with van der Waals surface area (Å²) < 4.78 is 14.1. The molecule has 21 heavy (non-hydrogen) atoms. The van der Waals surface area contributed by atoms with E-state index in [9.17, 15) is 4.39 Å². The normalized spacial score (nSPS) is 12.2. The summed E-state index contributed by atoms with van der Waals surface area (Å²) in [5.74, 6) is -0.435. The molecule has 2 aromatic rings. The molecule has 0 saturated heterocycles. The van der Waals surface area contributed by atoms with Crippen molar-refractivity contribution in [1.29, 1.82) is 5.26 Å². The Balaban J connectivity index is 2.16. The molecule has 1 atom stereocenters. The first-order valence-electron chi connectivity index (χ1n) is 6.66. The van der Waals surface area contributed by atoms with Crippen LogP contribution in [0, 0.1) is 17.1 Å². The molecule has 2 aromatic carbocycles. The number of hydrogen-bond donors (Lipinski definition) is 0. The molecule has 0 saturated carbocycles. The zero-order valence-electron chi connectivity index (χ0n) is 12.0. The summed E-state index contributed by atoms with van der Waals surface area (Å²) in [6.45, 7) is 2.49. The van der Waals surface area contributed by atoms with Gasteiger partial charge in [0, 0.05) is 23.2 Å². The van der Waals surface area contributed by atoms with Crippen LogP contribution in [0.1, 0.15) is 29.7 Å². The molecule has 0 heterocycles. The summed E-state index contributed by atoms with van der Waals surface area (Å²) in [7, 11) is 1.93. The minimum Gasteiger partial charge on any atom is -0.295 e. The standard InChI is InChI=1S/C17H16ClFN2/c1-12(13-6-8-16(18)9-7-13)21(2)11-15-5-3-4-14(10-20)17(15)19/h3-9,12H,11H2,1-2H3. The smallest absolute Gasteiger partial charge is 0.145 e. The molecular weight excluding hydrogens is 287 g/mol. The molecule has 0 aliphatic heterocycles. The van der Waals surface area contributed by atoms with Gasteiger partial charge >= 0.3 is 0 Å². The van der Waals surface area contributed by atoms with Gasteiger partial charge in [0.05, 0.1) is 5.56 Å². The second kappa shape index (κ2) is 6.71. The van der Waals surface area contributed by atoms with E-state index >= 15 is 0 Å². The fourth-order valence-electron chi connectivity index (χ4n) is 2.19. The third-order valence-corrected chi connectivity index (χ3v) is 3.88. The van der Waals surface area contributed by atoms with Gasteiger partial charge in [0.1, 0.15) is 11.9 Å². The quantitative estimate of drug-likeness (QED) is 0.829. The second-order valence-electron chi connectivity index (χ2n) is 5.03. The van der Waals surface area contributed by atoms with Crippen molar-refractivity contribution in [2.75, 3.05) is 7.05 Å². The van der Waals surface area contributed by atoms with Gasteiger partial charge in [-0.2, -0.15) is 5.26 Å². The number of hydrogen-bond acceptors (Lipinski definition) is 2. The molecule has 0 aliphatic rings. The Morgan fingerprint density at radius 2 is 1.90 bits per heavy atom. The highest BCUT2D eigenvalue weighted by molar-refractivity contribution is 6.30. The average Bonchev–Trinajstić information content (AvgIpc) is 2.49. The monoisotopic (exact) mass is 302 g/mol. The van der Waals surface area contributed by atoms with Crippen LogP contribution in [0.3, 0.4) is 0 Å². The van der Waals surface area contributed by atoms with Crippen molar-refractivity contribution >= 4 is 11.6 Å². The van der Waals surface area contributed by atoms with Gasteiger partial charge in [-0.15, -0.1) is 0 Å². The summed E-state index contributed by atoms with van der Waals surface area (Å²) in [5.41, 5.74) is 1.72. The minimum atomic E-state index is -0.435. The Morgan fingerprint density at radius 3 is 2.52 bits per heavy atom. The minimum absolute atomic E-state index is 0.0834. The van der Waals surface area contributed by atoms with Crippen LogP contribution in [0.15, 0.2) is 42.5 Å². The molecule has 0 amide bonds. The summed E-state index contributed by atoms with van der Waals surface area (Å²) in [6, 6.07) is 14.5. The first kappa shape index (κ1) is 15.5. The van der Waals surface area contributed by atoms with Crippen LogP contribution in [-0.2, 0) is 6.54 Å². The van der Waals surface area contributed by atoms with Crippen LogP contribution in [-0.4, -0.2) is 11.9 Å². The fraction of sp³-hybridized carbons (Fsp3) is 0.235. The molecule has 0 radical (unpaired) electrons. The van der Waals surface area contributed by atoms with E-state index in [2.05, 4.69) is 6.92 Å². The number of rotatable bonds is 4. The maximum Gasteiger partial charge on any atom is 0.145 e. The van der Waals surface area contributed by atoms with E-state index in [1.54, 1.807) is 12.1 Å².